The number of halogens is 1. The Balaban J connectivity index is 0.00000147. The van der Waals surface area contributed by atoms with Crippen LogP contribution in [0, 0.1) is 5.95 Å². The van der Waals surface area contributed by atoms with Gasteiger partial charge in [-0.05, 0) is 24.6 Å². The maximum atomic E-state index is 13.0. The van der Waals surface area contributed by atoms with Crippen LogP contribution in [0.25, 0.3) is 27.0 Å². The van der Waals surface area contributed by atoms with Gasteiger partial charge in [0, 0.05) is 5.56 Å². The normalized spacial score (nSPS) is 10.9. The SMILES string of the molecule is C.C/C=C/c1ccc(-c2nc3ccc(F)nc3s2)cc1. The van der Waals surface area contributed by atoms with Crippen molar-refractivity contribution in [1.82, 2.24) is 9.97 Å². The van der Waals surface area contributed by atoms with Crippen LogP contribution in [0.1, 0.15) is 19.9 Å². The zero-order chi connectivity index (χ0) is 13.2. The van der Waals surface area contributed by atoms with E-state index in [1.807, 2.05) is 43.3 Å². The van der Waals surface area contributed by atoms with Gasteiger partial charge in [0.2, 0.25) is 5.95 Å². The molecule has 0 spiro atoms. The molecule has 0 bridgehead atoms. The molecule has 0 amide bonds. The smallest absolute Gasteiger partial charge is 0.214 e. The van der Waals surface area contributed by atoms with Crippen LogP contribution in [0.4, 0.5) is 4.39 Å². The lowest BCUT2D eigenvalue weighted by Gasteiger charge is -1.96. The Labute approximate surface area is 121 Å². The van der Waals surface area contributed by atoms with Crippen LogP contribution in [0.15, 0.2) is 42.5 Å². The second-order valence-electron chi connectivity index (χ2n) is 4.10. The summed E-state index contributed by atoms with van der Waals surface area (Å²) in [6, 6.07) is 11.1. The highest BCUT2D eigenvalue weighted by atomic mass is 32.1. The lowest BCUT2D eigenvalue weighted by molar-refractivity contribution is 0.589. The summed E-state index contributed by atoms with van der Waals surface area (Å²) in [6.45, 7) is 1.99. The molecule has 0 saturated heterocycles. The molecular formula is C16H15FN2S. The van der Waals surface area contributed by atoms with Gasteiger partial charge in [0.05, 0.1) is 0 Å². The van der Waals surface area contributed by atoms with Crippen LogP contribution in [0.3, 0.4) is 0 Å². The molecule has 0 atom stereocenters. The van der Waals surface area contributed by atoms with Crippen LogP contribution in [0.2, 0.25) is 0 Å². The molecule has 2 nitrogen and oxygen atoms in total. The third kappa shape index (κ3) is 2.75. The number of allylic oxidation sites excluding steroid dienone is 1. The van der Waals surface area contributed by atoms with Crippen molar-refractivity contribution in [2.75, 3.05) is 0 Å². The average Bonchev–Trinajstić information content (AvgIpc) is 2.83. The third-order valence-electron chi connectivity index (χ3n) is 2.74. The Hall–Kier alpha value is -2.07. The van der Waals surface area contributed by atoms with Crippen molar-refractivity contribution >= 4 is 27.8 Å². The van der Waals surface area contributed by atoms with E-state index in [4.69, 9.17) is 0 Å². The predicted molar refractivity (Wildman–Crippen MR) is 84.2 cm³/mol. The van der Waals surface area contributed by atoms with Crippen LogP contribution in [0.5, 0.6) is 0 Å². The van der Waals surface area contributed by atoms with Crippen molar-refractivity contribution in [2.45, 2.75) is 14.4 Å². The summed E-state index contributed by atoms with van der Waals surface area (Å²) in [7, 11) is 0. The van der Waals surface area contributed by atoms with Gasteiger partial charge < -0.3 is 0 Å². The zero-order valence-corrected chi connectivity index (χ0v) is 11.1. The number of hydrogen-bond acceptors (Lipinski definition) is 3. The molecule has 0 fully saturated rings. The Morgan fingerprint density at radius 2 is 1.80 bits per heavy atom. The molecule has 2 aromatic heterocycles. The zero-order valence-electron chi connectivity index (χ0n) is 10.3. The quantitative estimate of drug-likeness (QED) is 0.608. The van der Waals surface area contributed by atoms with E-state index in [1.165, 1.54) is 17.4 Å². The molecule has 20 heavy (non-hydrogen) atoms. The van der Waals surface area contributed by atoms with E-state index in [2.05, 4.69) is 9.97 Å². The number of thiazole rings is 1. The number of nitrogens with zero attached hydrogens (tertiary/aromatic N) is 2. The van der Waals surface area contributed by atoms with Crippen LogP contribution >= 0.6 is 11.3 Å². The predicted octanol–water partition coefficient (Wildman–Crippen LogP) is 5.17. The van der Waals surface area contributed by atoms with Gasteiger partial charge in [0.1, 0.15) is 15.4 Å². The number of benzene rings is 1. The van der Waals surface area contributed by atoms with Crippen molar-refractivity contribution < 1.29 is 4.39 Å². The van der Waals surface area contributed by atoms with Gasteiger partial charge in [-0.2, -0.15) is 4.39 Å². The van der Waals surface area contributed by atoms with Gasteiger partial charge in [0.25, 0.3) is 0 Å². The van der Waals surface area contributed by atoms with Gasteiger partial charge in [-0.1, -0.05) is 55.2 Å². The minimum absolute atomic E-state index is 0. The second kappa shape index (κ2) is 5.92. The van der Waals surface area contributed by atoms with Crippen LogP contribution in [-0.4, -0.2) is 9.97 Å². The van der Waals surface area contributed by atoms with E-state index in [1.54, 1.807) is 6.07 Å². The number of pyridine rings is 1. The fraction of sp³-hybridized carbons (Fsp3) is 0.125. The van der Waals surface area contributed by atoms with Gasteiger partial charge in [-0.3, -0.25) is 0 Å². The average molecular weight is 286 g/mol. The van der Waals surface area contributed by atoms with E-state index >= 15 is 0 Å². The van der Waals surface area contributed by atoms with Crippen LogP contribution in [-0.2, 0) is 0 Å². The fourth-order valence-corrected chi connectivity index (χ4v) is 2.78. The van der Waals surface area contributed by atoms with Gasteiger partial charge >= 0.3 is 0 Å². The molecule has 0 unspecified atom stereocenters. The van der Waals surface area contributed by atoms with E-state index < -0.39 is 5.95 Å². The molecule has 0 aliphatic rings. The Morgan fingerprint density at radius 1 is 1.05 bits per heavy atom. The van der Waals surface area contributed by atoms with Crippen LogP contribution < -0.4 is 0 Å². The van der Waals surface area contributed by atoms with Crippen molar-refractivity contribution in [3.63, 3.8) is 0 Å². The molecule has 1 aromatic carbocycles. The molecule has 3 rings (SSSR count). The topological polar surface area (TPSA) is 25.8 Å². The van der Waals surface area contributed by atoms with Crippen molar-refractivity contribution in [1.29, 1.82) is 0 Å². The first kappa shape index (κ1) is 14.3. The largest absolute Gasteiger partial charge is 0.234 e. The first-order valence-electron chi connectivity index (χ1n) is 5.92. The highest BCUT2D eigenvalue weighted by Gasteiger charge is 2.07. The monoisotopic (exact) mass is 286 g/mol. The van der Waals surface area contributed by atoms with Crippen molar-refractivity contribution in [3.05, 3.63) is 54.0 Å². The molecule has 0 aliphatic carbocycles. The molecule has 0 saturated carbocycles. The van der Waals surface area contributed by atoms with Gasteiger partial charge in [0.15, 0.2) is 0 Å². The Morgan fingerprint density at radius 3 is 2.50 bits per heavy atom. The van der Waals surface area contributed by atoms with Gasteiger partial charge in [-0.25, -0.2) is 9.97 Å². The number of hydrogen-bond donors (Lipinski definition) is 0. The lowest BCUT2D eigenvalue weighted by atomic mass is 10.1. The summed E-state index contributed by atoms with van der Waals surface area (Å²) < 4.78 is 13.0. The summed E-state index contributed by atoms with van der Waals surface area (Å²) in [5.74, 6) is -0.467. The summed E-state index contributed by atoms with van der Waals surface area (Å²) in [5.41, 5.74) is 2.91. The summed E-state index contributed by atoms with van der Waals surface area (Å²) in [4.78, 5) is 8.95. The molecule has 102 valence electrons. The van der Waals surface area contributed by atoms with E-state index in [-0.39, 0.29) is 7.43 Å². The van der Waals surface area contributed by atoms with Crippen molar-refractivity contribution in [2.24, 2.45) is 0 Å². The third-order valence-corrected chi connectivity index (χ3v) is 3.75. The molecule has 3 aromatic rings. The molecule has 4 heteroatoms. The van der Waals surface area contributed by atoms with E-state index in [0.717, 1.165) is 21.7 Å². The summed E-state index contributed by atoms with van der Waals surface area (Å²) >= 11 is 1.40. The Kier molecular flexibility index (Phi) is 4.25. The van der Waals surface area contributed by atoms with E-state index in [9.17, 15) is 4.39 Å². The summed E-state index contributed by atoms with van der Waals surface area (Å²) in [6.07, 6.45) is 4.04. The molecule has 0 aliphatic heterocycles. The first-order chi connectivity index (χ1) is 9.26. The maximum Gasteiger partial charge on any atom is 0.214 e. The molecule has 2 heterocycles. The highest BCUT2D eigenvalue weighted by molar-refractivity contribution is 7.21. The first-order valence-corrected chi connectivity index (χ1v) is 6.74. The Bertz CT molecular complexity index is 745. The van der Waals surface area contributed by atoms with E-state index in [0.29, 0.717) is 4.83 Å². The number of rotatable bonds is 2. The maximum absolute atomic E-state index is 13.0. The molecule has 0 N–H and O–H groups in total. The molecular weight excluding hydrogens is 271 g/mol. The van der Waals surface area contributed by atoms with Crippen molar-refractivity contribution in [3.8, 4) is 10.6 Å². The fourth-order valence-electron chi connectivity index (χ4n) is 1.85. The summed E-state index contributed by atoms with van der Waals surface area (Å²) in [5, 5.41) is 0.861. The minimum Gasteiger partial charge on any atom is -0.234 e. The van der Waals surface area contributed by atoms with Gasteiger partial charge in [-0.15, -0.1) is 0 Å². The number of aromatic nitrogens is 2. The molecule has 0 radical (unpaired) electrons. The lowest BCUT2D eigenvalue weighted by Crippen LogP contribution is -1.79. The standard InChI is InChI=1S/C15H11FN2S.CH4/c1-2-3-10-4-6-11(7-5-10)14-17-12-8-9-13(16)18-15(12)19-14;/h2-9H,1H3;1H4/b3-2+;. The second-order valence-corrected chi connectivity index (χ2v) is 5.08. The number of fused-ring (bicyclic) bond motifs is 1. The minimum atomic E-state index is -0.467. The highest BCUT2D eigenvalue weighted by Crippen LogP contribution is 2.29.